The highest BCUT2D eigenvalue weighted by Crippen LogP contribution is 2.36. The third-order valence-electron chi connectivity index (χ3n) is 5.08. The molecule has 1 unspecified atom stereocenters. The molecule has 1 aliphatic rings. The lowest BCUT2D eigenvalue weighted by Crippen LogP contribution is -2.21. The maximum Gasteiger partial charge on any atom is 0.286 e. The molecule has 3 aromatic rings. The largest absolute Gasteiger partial charge is 0.351 e. The second-order valence-corrected chi connectivity index (χ2v) is 8.01. The van der Waals surface area contributed by atoms with Crippen LogP contribution in [0.15, 0.2) is 36.4 Å². The van der Waals surface area contributed by atoms with Crippen molar-refractivity contribution in [2.45, 2.75) is 44.1 Å². The van der Waals surface area contributed by atoms with E-state index in [4.69, 9.17) is 5.26 Å². The van der Waals surface area contributed by atoms with E-state index in [2.05, 4.69) is 30.6 Å². The first kappa shape index (κ1) is 23.3. The Hall–Kier alpha value is -3.88. The number of nitrogens with zero attached hydrogens (tertiary/aromatic N) is 5. The van der Waals surface area contributed by atoms with E-state index < -0.39 is 35.8 Å². The Bertz CT molecular complexity index is 1250. The maximum atomic E-state index is 13.8. The fraction of sp³-hybridized carbons (Fsp3) is 0.318. The molecule has 0 aliphatic heterocycles. The summed E-state index contributed by atoms with van der Waals surface area (Å²) in [4.78, 5) is 16.4. The zero-order valence-corrected chi connectivity index (χ0v) is 17.8. The number of nitriles is 1. The summed E-state index contributed by atoms with van der Waals surface area (Å²) < 4.78 is 68.6. The fourth-order valence-electron chi connectivity index (χ4n) is 3.53. The van der Waals surface area contributed by atoms with Gasteiger partial charge >= 0.3 is 0 Å². The molecule has 0 radical (unpaired) electrons. The highest BCUT2D eigenvalue weighted by Gasteiger charge is 2.39. The van der Waals surface area contributed by atoms with Crippen molar-refractivity contribution in [2.24, 2.45) is 0 Å². The summed E-state index contributed by atoms with van der Waals surface area (Å²) in [7, 11) is 0. The van der Waals surface area contributed by atoms with E-state index in [1.54, 1.807) is 0 Å². The number of rotatable bonds is 6. The summed E-state index contributed by atoms with van der Waals surface area (Å²) in [5, 5.41) is 14.6. The summed E-state index contributed by atoms with van der Waals surface area (Å²) >= 11 is 0. The zero-order chi connectivity index (χ0) is 24.5. The molecule has 0 amide bonds. The number of nitrogens with one attached hydrogen (secondary N) is 2. The number of halogens is 5. The number of aromatic nitrogens is 4. The number of alkyl halides is 4. The Labute approximate surface area is 191 Å². The van der Waals surface area contributed by atoms with E-state index >= 15 is 0 Å². The van der Waals surface area contributed by atoms with Gasteiger partial charge < -0.3 is 10.6 Å². The highest BCUT2D eigenvalue weighted by molar-refractivity contribution is 5.60. The molecule has 1 atom stereocenters. The van der Waals surface area contributed by atoms with Crippen LogP contribution in [0.4, 0.5) is 39.5 Å². The normalized spacial score (nSPS) is 17.3. The van der Waals surface area contributed by atoms with Gasteiger partial charge in [0.2, 0.25) is 17.8 Å². The molecular weight excluding hydrogens is 457 g/mol. The van der Waals surface area contributed by atoms with Gasteiger partial charge in [-0.05, 0) is 36.8 Å². The Morgan fingerprint density at radius 3 is 2.53 bits per heavy atom. The first-order valence-electron chi connectivity index (χ1n) is 10.2. The summed E-state index contributed by atoms with van der Waals surface area (Å²) in [6.45, 7) is 0.698. The lowest BCUT2D eigenvalue weighted by molar-refractivity contribution is 0.00841. The molecule has 12 heteroatoms. The molecule has 7 nitrogen and oxygen atoms in total. The van der Waals surface area contributed by atoms with Crippen LogP contribution in [-0.2, 0) is 5.92 Å². The van der Waals surface area contributed by atoms with E-state index in [0.717, 1.165) is 18.2 Å². The quantitative estimate of drug-likeness (QED) is 0.461. The molecule has 0 bridgehead atoms. The molecule has 0 saturated heterocycles. The molecule has 1 aromatic carbocycles. The van der Waals surface area contributed by atoms with Crippen LogP contribution in [0.2, 0.25) is 0 Å². The van der Waals surface area contributed by atoms with Crippen molar-refractivity contribution in [1.82, 2.24) is 19.9 Å². The van der Waals surface area contributed by atoms with Crippen molar-refractivity contribution in [3.8, 4) is 17.6 Å². The second kappa shape index (κ2) is 8.81. The number of anilines is 3. The smallest absolute Gasteiger partial charge is 0.286 e. The van der Waals surface area contributed by atoms with Crippen LogP contribution in [0.25, 0.3) is 11.5 Å². The number of pyridine rings is 1. The Morgan fingerprint density at radius 1 is 1.09 bits per heavy atom. The van der Waals surface area contributed by atoms with Gasteiger partial charge in [0, 0.05) is 31.5 Å². The van der Waals surface area contributed by atoms with Crippen LogP contribution in [0.5, 0.6) is 0 Å². The van der Waals surface area contributed by atoms with Gasteiger partial charge in [0.15, 0.2) is 5.82 Å². The minimum Gasteiger partial charge on any atom is -0.351 e. The van der Waals surface area contributed by atoms with E-state index in [-0.39, 0.29) is 47.5 Å². The molecule has 176 valence electrons. The standard InChI is InChI=1S/C22H18F5N7/c1-21(24,25)17-4-2-3-16(31-17)18-32-19(29-14-5-6-22(26,27)10-14)34-20(33-18)30-15-8-12(11-28)7-13(23)9-15/h2-4,7-9,14H,5-6,10H2,1H3,(H2,29,30,32,33,34). The summed E-state index contributed by atoms with van der Waals surface area (Å²) in [5.74, 6) is -7.01. The summed E-state index contributed by atoms with van der Waals surface area (Å²) in [5.41, 5.74) is -0.313. The molecule has 2 heterocycles. The Morgan fingerprint density at radius 2 is 1.85 bits per heavy atom. The van der Waals surface area contributed by atoms with Gasteiger partial charge in [0.1, 0.15) is 17.2 Å². The molecule has 2 aromatic heterocycles. The second-order valence-electron chi connectivity index (χ2n) is 8.01. The maximum absolute atomic E-state index is 13.8. The average molecular weight is 475 g/mol. The Kier molecular flexibility index (Phi) is 6.03. The number of benzene rings is 1. The minimum absolute atomic E-state index is 0.00114. The van der Waals surface area contributed by atoms with Gasteiger partial charge in [0.05, 0.1) is 11.6 Å². The van der Waals surface area contributed by atoms with Crippen LogP contribution in [0, 0.1) is 17.1 Å². The molecule has 1 saturated carbocycles. The van der Waals surface area contributed by atoms with Crippen molar-refractivity contribution in [3.63, 3.8) is 0 Å². The van der Waals surface area contributed by atoms with Crippen LogP contribution in [0.1, 0.15) is 37.4 Å². The molecule has 1 fully saturated rings. The first-order chi connectivity index (χ1) is 16.0. The predicted octanol–water partition coefficient (Wildman–Crippen LogP) is 5.40. The molecule has 0 spiro atoms. The zero-order valence-electron chi connectivity index (χ0n) is 17.8. The van der Waals surface area contributed by atoms with E-state index in [9.17, 15) is 22.0 Å². The summed E-state index contributed by atoms with van der Waals surface area (Å²) in [6.07, 6.45) is -0.521. The van der Waals surface area contributed by atoms with Gasteiger partial charge in [-0.25, -0.2) is 18.2 Å². The first-order valence-corrected chi connectivity index (χ1v) is 10.2. The van der Waals surface area contributed by atoms with Crippen molar-refractivity contribution in [3.05, 3.63) is 53.5 Å². The minimum atomic E-state index is -3.21. The van der Waals surface area contributed by atoms with Crippen LogP contribution < -0.4 is 10.6 Å². The van der Waals surface area contributed by atoms with Crippen molar-refractivity contribution >= 4 is 17.6 Å². The van der Waals surface area contributed by atoms with E-state index in [1.807, 2.05) is 6.07 Å². The number of hydrogen-bond acceptors (Lipinski definition) is 7. The topological polar surface area (TPSA) is 99.4 Å². The lowest BCUT2D eigenvalue weighted by atomic mass is 10.2. The van der Waals surface area contributed by atoms with E-state index in [0.29, 0.717) is 6.92 Å². The van der Waals surface area contributed by atoms with Gasteiger partial charge in [-0.1, -0.05) is 6.07 Å². The van der Waals surface area contributed by atoms with Crippen LogP contribution in [0.3, 0.4) is 0 Å². The third-order valence-corrected chi connectivity index (χ3v) is 5.08. The molecular formula is C22H18F5N7. The van der Waals surface area contributed by atoms with Crippen LogP contribution >= 0.6 is 0 Å². The Balaban J connectivity index is 1.72. The average Bonchev–Trinajstić information content (AvgIpc) is 3.10. The fourth-order valence-corrected chi connectivity index (χ4v) is 3.53. The monoisotopic (exact) mass is 475 g/mol. The van der Waals surface area contributed by atoms with E-state index in [1.165, 1.54) is 18.2 Å². The molecule has 1 aliphatic carbocycles. The van der Waals surface area contributed by atoms with Crippen molar-refractivity contribution < 1.29 is 22.0 Å². The van der Waals surface area contributed by atoms with Crippen molar-refractivity contribution in [2.75, 3.05) is 10.6 Å². The van der Waals surface area contributed by atoms with Crippen LogP contribution in [-0.4, -0.2) is 31.9 Å². The molecule has 4 rings (SSSR count). The number of hydrogen-bond donors (Lipinski definition) is 2. The lowest BCUT2D eigenvalue weighted by Gasteiger charge is -2.15. The van der Waals surface area contributed by atoms with Gasteiger partial charge in [-0.2, -0.15) is 29.0 Å². The summed E-state index contributed by atoms with van der Waals surface area (Å²) in [6, 6.07) is 8.63. The molecule has 2 N–H and O–H groups in total. The van der Waals surface area contributed by atoms with Gasteiger partial charge in [-0.15, -0.1) is 0 Å². The highest BCUT2D eigenvalue weighted by atomic mass is 19.3. The van der Waals surface area contributed by atoms with Gasteiger partial charge in [-0.3, -0.25) is 0 Å². The van der Waals surface area contributed by atoms with Crippen molar-refractivity contribution in [1.29, 1.82) is 5.26 Å². The SMILES string of the molecule is CC(F)(F)c1cccc(-c2nc(Nc3cc(F)cc(C#N)c3)nc(NC3CCC(F)(F)C3)n2)n1. The predicted molar refractivity (Wildman–Crippen MR) is 113 cm³/mol. The molecule has 34 heavy (non-hydrogen) atoms. The third kappa shape index (κ3) is 5.54. The van der Waals surface area contributed by atoms with Gasteiger partial charge in [0.25, 0.3) is 5.92 Å².